The van der Waals surface area contributed by atoms with Crippen molar-refractivity contribution in [1.82, 2.24) is 14.1 Å². The van der Waals surface area contributed by atoms with E-state index >= 15 is 0 Å². The van der Waals surface area contributed by atoms with Crippen LogP contribution in [0.5, 0.6) is 11.5 Å². The quantitative estimate of drug-likeness (QED) is 0.112. The van der Waals surface area contributed by atoms with Crippen LogP contribution in [-0.2, 0) is 26.5 Å². The molecule has 6 heteroatoms. The van der Waals surface area contributed by atoms with Gasteiger partial charge in [0.15, 0.2) is 0 Å². The number of fused-ring (bicyclic) bond motifs is 3. The van der Waals surface area contributed by atoms with Gasteiger partial charge in [-0.2, -0.15) is 12.1 Å². The third-order valence-electron chi connectivity index (χ3n) is 11.5. The van der Waals surface area contributed by atoms with E-state index in [-0.39, 0.29) is 26.5 Å². The van der Waals surface area contributed by atoms with Crippen molar-refractivity contribution in [2.75, 3.05) is 0 Å². The van der Waals surface area contributed by atoms with Crippen LogP contribution in [0.1, 0.15) is 37.5 Å². The molecule has 0 aliphatic rings. The summed E-state index contributed by atoms with van der Waals surface area (Å²) in [5, 5.41) is 2.20. The molecule has 0 unspecified atom stereocenters. The third-order valence-corrected chi connectivity index (χ3v) is 11.5. The first kappa shape index (κ1) is 40.6. The Kier molecular flexibility index (Phi) is 10.8. The number of ether oxygens (including phenoxy) is 1. The maximum Gasteiger partial charge on any atom is 0.267 e. The van der Waals surface area contributed by atoms with Gasteiger partial charge in [-0.15, -0.1) is 35.2 Å². The normalized spacial score (nSPS) is 11.5. The summed E-state index contributed by atoms with van der Waals surface area (Å²) in [5.41, 5.74) is 14.2. The molecule has 0 fully saturated rings. The first-order valence-electron chi connectivity index (χ1n) is 20.7. The number of hydrogen-bond donors (Lipinski definition) is 0. The van der Waals surface area contributed by atoms with E-state index in [9.17, 15) is 0 Å². The Bertz CT molecular complexity index is 3210. The van der Waals surface area contributed by atoms with Gasteiger partial charge in [0.25, 0.3) is 6.33 Å². The molecule has 7 aromatic carbocycles. The Hall–Kier alpha value is -6.81. The predicted molar refractivity (Wildman–Crippen MR) is 247 cm³/mol. The van der Waals surface area contributed by atoms with Crippen molar-refractivity contribution in [2.24, 2.45) is 0 Å². The fourth-order valence-corrected chi connectivity index (χ4v) is 8.41. The minimum atomic E-state index is 0. The van der Waals surface area contributed by atoms with Crippen molar-refractivity contribution in [3.63, 3.8) is 0 Å². The van der Waals surface area contributed by atoms with Crippen LogP contribution in [-0.4, -0.2) is 14.1 Å². The molecule has 0 atom stereocenters. The molecule has 3 aromatic heterocycles. The van der Waals surface area contributed by atoms with E-state index in [1.165, 1.54) is 22.3 Å². The summed E-state index contributed by atoms with van der Waals surface area (Å²) in [6.07, 6.45) is 9.57. The van der Waals surface area contributed by atoms with Crippen molar-refractivity contribution >= 4 is 21.8 Å². The first-order valence-corrected chi connectivity index (χ1v) is 20.7. The second kappa shape index (κ2) is 16.6. The topological polar surface area (TPSA) is 35.9 Å². The summed E-state index contributed by atoms with van der Waals surface area (Å²) in [4.78, 5) is 4.92. The van der Waals surface area contributed by atoms with E-state index in [1.54, 1.807) is 0 Å². The molecule has 0 bridgehead atoms. The van der Waals surface area contributed by atoms with E-state index in [2.05, 4.69) is 202 Å². The third kappa shape index (κ3) is 7.70. The van der Waals surface area contributed by atoms with Gasteiger partial charge >= 0.3 is 0 Å². The van der Waals surface area contributed by atoms with Crippen LogP contribution in [0.25, 0.3) is 72.4 Å². The van der Waals surface area contributed by atoms with Gasteiger partial charge in [0.1, 0.15) is 5.82 Å². The zero-order valence-electron chi connectivity index (χ0n) is 35.3. The fraction of sp³-hybridized carbons (Fsp3) is 0.107. The summed E-state index contributed by atoms with van der Waals surface area (Å²) >= 11 is 0. The molecule has 0 aliphatic heterocycles. The largest absolute Gasteiger partial charge is 0.510 e. The van der Waals surface area contributed by atoms with Crippen LogP contribution in [0.3, 0.4) is 0 Å². The maximum absolute atomic E-state index is 6.76. The summed E-state index contributed by atoms with van der Waals surface area (Å²) in [7, 11) is 0. The molecule has 0 saturated heterocycles. The van der Waals surface area contributed by atoms with Gasteiger partial charge in [-0.1, -0.05) is 135 Å². The first-order chi connectivity index (χ1) is 29.7. The number of benzene rings is 7. The number of hydrogen-bond acceptors (Lipinski definition) is 2. The van der Waals surface area contributed by atoms with Crippen LogP contribution < -0.4 is 9.30 Å². The van der Waals surface area contributed by atoms with Crippen molar-refractivity contribution in [3.8, 4) is 62.1 Å². The van der Waals surface area contributed by atoms with Crippen molar-refractivity contribution in [3.05, 3.63) is 211 Å². The van der Waals surface area contributed by atoms with Gasteiger partial charge < -0.3 is 13.9 Å². The van der Waals surface area contributed by atoms with Gasteiger partial charge in [0.2, 0.25) is 0 Å². The van der Waals surface area contributed by atoms with Crippen LogP contribution in [0.15, 0.2) is 176 Å². The smallest absolute Gasteiger partial charge is 0.267 e. The van der Waals surface area contributed by atoms with Crippen LogP contribution >= 0.6 is 0 Å². The average molecular weight is 984 g/mol. The van der Waals surface area contributed by atoms with Crippen LogP contribution in [0.2, 0.25) is 0 Å². The summed E-state index contributed by atoms with van der Waals surface area (Å²) in [5.74, 6) is 1.96. The monoisotopic (exact) mass is 983 g/mol. The molecule has 0 N–H and O–H groups in total. The molecule has 0 amide bonds. The average Bonchev–Trinajstić information content (AvgIpc) is 3.90. The van der Waals surface area contributed by atoms with Gasteiger partial charge in [-0.25, -0.2) is 4.98 Å². The molecule has 306 valence electrons. The number of nitrogens with zero attached hydrogens (tertiary/aromatic N) is 4. The summed E-state index contributed by atoms with van der Waals surface area (Å²) in [6.45, 7) is 11.1. The second-order valence-electron chi connectivity index (χ2n) is 16.7. The molecule has 62 heavy (non-hydrogen) atoms. The van der Waals surface area contributed by atoms with Gasteiger partial charge in [0, 0.05) is 56.7 Å². The van der Waals surface area contributed by atoms with E-state index in [1.807, 2.05) is 41.4 Å². The Morgan fingerprint density at radius 2 is 1.34 bits per heavy atom. The summed E-state index contributed by atoms with van der Waals surface area (Å²) in [6, 6.07) is 62.3. The van der Waals surface area contributed by atoms with E-state index < -0.39 is 0 Å². The number of imidazole rings is 1. The van der Waals surface area contributed by atoms with Gasteiger partial charge in [-0.3, -0.25) is 4.57 Å². The standard InChI is InChI=1S/C56H44N4O.Pt/c1-38-15-14-16-39(2)55(38)42-27-28-57-54(33-42)60-52-22-13-12-21-48(52)49-25-24-46(36-53(49)60)61-47-32-43(40-17-8-6-9-18-40)31-45(35-47)58-29-30-59(37-58)51-26-23-44(56(3,4)5)34-50(51)41-19-10-7-11-20-41;/h6-34H,1-5H3;/q-2;. The zero-order chi connectivity index (χ0) is 41.7. The molecule has 10 aromatic rings. The minimum Gasteiger partial charge on any atom is -0.510 e. The van der Waals surface area contributed by atoms with E-state index in [0.717, 1.165) is 66.8 Å². The van der Waals surface area contributed by atoms with Crippen molar-refractivity contribution in [1.29, 1.82) is 0 Å². The van der Waals surface area contributed by atoms with Crippen LogP contribution in [0.4, 0.5) is 0 Å². The van der Waals surface area contributed by atoms with Crippen LogP contribution in [0, 0.1) is 32.3 Å². The Morgan fingerprint density at radius 1 is 0.613 bits per heavy atom. The Morgan fingerprint density at radius 3 is 2.10 bits per heavy atom. The van der Waals surface area contributed by atoms with Gasteiger partial charge in [-0.05, 0) is 99.1 Å². The van der Waals surface area contributed by atoms with Gasteiger partial charge in [0.05, 0.1) is 5.69 Å². The Balaban J connectivity index is 0.00000490. The molecule has 0 saturated carbocycles. The fourth-order valence-electron chi connectivity index (χ4n) is 8.41. The SMILES string of the molecule is Cc1cccc(C)c1-c1ccnc(-n2c3[c-]c(Oc4[c-]c(-n5[c-][n+](-c6ccc(C(C)(C)C)cc6-c6ccccc6)cc5)cc(-c5ccccc5)c4)ccc3c3ccccc32)c1.[Pt]. The molecule has 10 rings (SSSR count). The molecule has 0 spiro atoms. The molecule has 5 nitrogen and oxygen atoms in total. The Labute approximate surface area is 377 Å². The maximum atomic E-state index is 6.76. The van der Waals surface area contributed by atoms with Crippen molar-refractivity contribution in [2.45, 2.75) is 40.0 Å². The molecule has 0 aliphatic carbocycles. The van der Waals surface area contributed by atoms with E-state index in [4.69, 9.17) is 9.72 Å². The number of aryl methyl sites for hydroxylation is 2. The predicted octanol–water partition coefficient (Wildman–Crippen LogP) is 13.4. The molecular formula is C56H44N4OPt-2. The number of pyridine rings is 1. The second-order valence-corrected chi connectivity index (χ2v) is 16.7. The minimum absolute atomic E-state index is 0. The molecule has 3 heterocycles. The molecule has 0 radical (unpaired) electrons. The number of rotatable bonds is 8. The summed E-state index contributed by atoms with van der Waals surface area (Å²) < 4.78 is 13.0. The zero-order valence-corrected chi connectivity index (χ0v) is 37.5. The molecular weight excluding hydrogens is 940 g/mol. The van der Waals surface area contributed by atoms with Crippen molar-refractivity contribution < 1.29 is 30.4 Å². The van der Waals surface area contributed by atoms with E-state index in [0.29, 0.717) is 11.5 Å². The number of para-hydroxylation sites is 1. The number of aromatic nitrogens is 4.